The Kier molecular flexibility index (Phi) is 3.56. The zero-order valence-electron chi connectivity index (χ0n) is 13.9. The van der Waals surface area contributed by atoms with Crippen LogP contribution in [-0.4, -0.2) is 46.2 Å². The molecule has 0 aromatic heterocycles. The van der Waals surface area contributed by atoms with Crippen LogP contribution in [-0.2, 0) is 0 Å². The Morgan fingerprint density at radius 3 is 2.26 bits per heavy atom. The van der Waals surface area contributed by atoms with E-state index in [1.807, 2.05) is 12.1 Å². The molecule has 0 aliphatic carbocycles. The minimum Gasteiger partial charge on any atom is -0.493 e. The molecule has 0 amide bonds. The maximum atomic E-state index is 5.50. The summed E-state index contributed by atoms with van der Waals surface area (Å²) in [7, 11) is 4.94. The third kappa shape index (κ3) is 2.16. The SMILES string of the molecule is COc1cc([C@H]2NN=C3C4CC[NH+](CC4)[C@H]32)cc(OC)c1OC. The quantitative estimate of drug-likeness (QED) is 0.843. The van der Waals surface area contributed by atoms with Gasteiger partial charge in [-0.25, -0.2) is 0 Å². The summed E-state index contributed by atoms with van der Waals surface area (Å²) in [5.41, 5.74) is 5.87. The summed E-state index contributed by atoms with van der Waals surface area (Å²) in [5, 5.41) is 4.68. The highest BCUT2D eigenvalue weighted by Crippen LogP contribution is 2.41. The van der Waals surface area contributed by atoms with Crippen molar-refractivity contribution in [3.63, 3.8) is 0 Å². The van der Waals surface area contributed by atoms with Gasteiger partial charge in [0.15, 0.2) is 17.5 Å². The Bertz CT molecular complexity index is 613. The smallest absolute Gasteiger partial charge is 0.203 e. The zero-order valence-corrected chi connectivity index (χ0v) is 13.9. The summed E-state index contributed by atoms with van der Waals surface area (Å²) in [5.74, 6) is 2.69. The van der Waals surface area contributed by atoms with Crippen molar-refractivity contribution in [3.8, 4) is 17.2 Å². The molecule has 23 heavy (non-hydrogen) atoms. The van der Waals surface area contributed by atoms with Crippen molar-refractivity contribution in [2.75, 3.05) is 34.4 Å². The fourth-order valence-corrected chi connectivity index (χ4v) is 4.39. The number of nitrogens with zero attached hydrogens (tertiary/aromatic N) is 1. The lowest BCUT2D eigenvalue weighted by atomic mass is 9.78. The van der Waals surface area contributed by atoms with Crippen LogP contribution in [0.3, 0.4) is 0 Å². The molecule has 6 nitrogen and oxygen atoms in total. The first kappa shape index (κ1) is 14.6. The second-order valence-electron chi connectivity index (χ2n) is 6.51. The highest BCUT2D eigenvalue weighted by molar-refractivity contribution is 5.93. The van der Waals surface area contributed by atoms with Crippen LogP contribution in [0.2, 0.25) is 0 Å². The minimum absolute atomic E-state index is 0.178. The van der Waals surface area contributed by atoms with Crippen molar-refractivity contribution >= 4 is 5.71 Å². The van der Waals surface area contributed by atoms with Gasteiger partial charge in [0.05, 0.1) is 34.4 Å². The molecule has 1 aromatic rings. The molecule has 0 spiro atoms. The molecule has 0 radical (unpaired) electrons. The van der Waals surface area contributed by atoms with E-state index in [0.717, 1.165) is 5.56 Å². The summed E-state index contributed by atoms with van der Waals surface area (Å²) in [6.07, 6.45) is 2.54. The van der Waals surface area contributed by atoms with Crippen LogP contribution < -0.4 is 24.5 Å². The zero-order chi connectivity index (χ0) is 16.0. The van der Waals surface area contributed by atoms with Gasteiger partial charge < -0.3 is 19.1 Å². The third-order valence-electron chi connectivity index (χ3n) is 5.52. The highest BCUT2D eigenvalue weighted by atomic mass is 16.5. The lowest BCUT2D eigenvalue weighted by Gasteiger charge is -2.42. The predicted molar refractivity (Wildman–Crippen MR) is 86.6 cm³/mol. The maximum Gasteiger partial charge on any atom is 0.203 e. The molecule has 4 heterocycles. The molecule has 5 rings (SSSR count). The Balaban J connectivity index is 1.71. The average molecular weight is 318 g/mol. The molecule has 0 unspecified atom stereocenters. The molecule has 6 heteroatoms. The molecule has 2 atom stereocenters. The molecule has 0 saturated carbocycles. The van der Waals surface area contributed by atoms with Crippen LogP contribution in [0.25, 0.3) is 0 Å². The number of rotatable bonds is 4. The fraction of sp³-hybridized carbons (Fsp3) is 0.588. The molecule has 2 bridgehead atoms. The predicted octanol–water partition coefficient (Wildman–Crippen LogP) is 0.390. The number of fused-ring (bicyclic) bond motifs is 2. The molecular weight excluding hydrogens is 294 g/mol. The molecule has 2 N–H and O–H groups in total. The Morgan fingerprint density at radius 1 is 1.04 bits per heavy atom. The van der Waals surface area contributed by atoms with Crippen molar-refractivity contribution in [1.29, 1.82) is 0 Å². The Hall–Kier alpha value is -1.95. The molecule has 4 aliphatic rings. The van der Waals surface area contributed by atoms with E-state index in [1.54, 1.807) is 26.2 Å². The number of piperidine rings is 3. The number of quaternary nitrogens is 1. The normalized spacial score (nSPS) is 31.2. The third-order valence-corrected chi connectivity index (χ3v) is 5.52. The van der Waals surface area contributed by atoms with Crippen LogP contribution in [0.4, 0.5) is 0 Å². The molecule has 4 aliphatic heterocycles. The van der Waals surface area contributed by atoms with Crippen LogP contribution in [0.5, 0.6) is 17.2 Å². The van der Waals surface area contributed by atoms with Gasteiger partial charge in [-0.1, -0.05) is 0 Å². The van der Waals surface area contributed by atoms with Gasteiger partial charge in [0.2, 0.25) is 5.75 Å². The second-order valence-corrected chi connectivity index (χ2v) is 6.51. The van der Waals surface area contributed by atoms with Crippen molar-refractivity contribution in [1.82, 2.24) is 5.43 Å². The number of benzene rings is 1. The van der Waals surface area contributed by atoms with Gasteiger partial charge in [-0.2, -0.15) is 5.10 Å². The van der Waals surface area contributed by atoms with Crippen molar-refractivity contribution in [2.24, 2.45) is 11.0 Å². The molecule has 3 saturated heterocycles. The summed E-state index contributed by atoms with van der Waals surface area (Å²) >= 11 is 0. The summed E-state index contributed by atoms with van der Waals surface area (Å²) in [6.45, 7) is 2.49. The van der Waals surface area contributed by atoms with Gasteiger partial charge in [0.1, 0.15) is 11.8 Å². The fourth-order valence-electron chi connectivity index (χ4n) is 4.39. The van der Waals surface area contributed by atoms with Gasteiger partial charge in [-0.3, -0.25) is 5.43 Å². The standard InChI is InChI=1S/C17H23N3O3/c1-21-12-8-11(9-13(22-2)17(12)23-3)15-16-14(18-19-15)10-4-6-20(16)7-5-10/h8-10,15-16,19H,4-7H2,1-3H3/p+1/t15-,16-/m1/s1. The average Bonchev–Trinajstić information content (AvgIpc) is 3.08. The lowest BCUT2D eigenvalue weighted by molar-refractivity contribution is -0.927. The van der Waals surface area contributed by atoms with Crippen molar-refractivity contribution in [2.45, 2.75) is 24.9 Å². The van der Waals surface area contributed by atoms with Gasteiger partial charge in [-0.15, -0.1) is 0 Å². The first-order valence-electron chi connectivity index (χ1n) is 8.24. The van der Waals surface area contributed by atoms with Crippen LogP contribution >= 0.6 is 0 Å². The number of hydrogen-bond acceptors (Lipinski definition) is 5. The molecule has 1 aromatic carbocycles. The second kappa shape index (κ2) is 5.60. The molecular formula is C17H24N3O3+. The van der Waals surface area contributed by atoms with Gasteiger partial charge in [-0.05, 0) is 17.7 Å². The summed E-state index contributed by atoms with van der Waals surface area (Å²) < 4.78 is 16.4. The lowest BCUT2D eigenvalue weighted by Crippen LogP contribution is -3.20. The van der Waals surface area contributed by atoms with Crippen LogP contribution in [0.15, 0.2) is 17.2 Å². The van der Waals surface area contributed by atoms with E-state index in [9.17, 15) is 0 Å². The van der Waals surface area contributed by atoms with E-state index in [4.69, 9.17) is 14.2 Å². The number of hydrazone groups is 1. The molecule has 3 fully saturated rings. The Morgan fingerprint density at radius 2 is 1.70 bits per heavy atom. The monoisotopic (exact) mass is 318 g/mol. The highest BCUT2D eigenvalue weighted by Gasteiger charge is 2.50. The first-order valence-corrected chi connectivity index (χ1v) is 8.24. The maximum absolute atomic E-state index is 5.50. The summed E-state index contributed by atoms with van der Waals surface area (Å²) in [6, 6.07) is 4.70. The van der Waals surface area contributed by atoms with E-state index < -0.39 is 0 Å². The van der Waals surface area contributed by atoms with Gasteiger partial charge in [0.25, 0.3) is 0 Å². The summed E-state index contributed by atoms with van der Waals surface area (Å²) in [4.78, 5) is 1.65. The minimum atomic E-state index is 0.178. The van der Waals surface area contributed by atoms with Gasteiger partial charge in [0, 0.05) is 18.8 Å². The van der Waals surface area contributed by atoms with E-state index in [1.165, 1.54) is 31.6 Å². The first-order chi connectivity index (χ1) is 11.3. The topological polar surface area (TPSA) is 56.5 Å². The van der Waals surface area contributed by atoms with E-state index in [-0.39, 0.29) is 6.04 Å². The molecule has 124 valence electrons. The van der Waals surface area contributed by atoms with Crippen LogP contribution in [0.1, 0.15) is 24.4 Å². The van der Waals surface area contributed by atoms with Crippen molar-refractivity contribution < 1.29 is 19.1 Å². The Labute approximate surface area is 136 Å². The van der Waals surface area contributed by atoms with Crippen LogP contribution in [0, 0.1) is 5.92 Å². The van der Waals surface area contributed by atoms with E-state index >= 15 is 0 Å². The number of methoxy groups -OCH3 is 3. The number of nitrogens with one attached hydrogen (secondary N) is 2. The largest absolute Gasteiger partial charge is 0.493 e. The van der Waals surface area contributed by atoms with Crippen molar-refractivity contribution in [3.05, 3.63) is 17.7 Å². The van der Waals surface area contributed by atoms with E-state index in [0.29, 0.717) is 29.2 Å². The number of hydrogen-bond donors (Lipinski definition) is 2. The number of ether oxygens (including phenoxy) is 3. The van der Waals surface area contributed by atoms with E-state index in [2.05, 4.69) is 10.5 Å². The van der Waals surface area contributed by atoms with Gasteiger partial charge >= 0.3 is 0 Å².